The Morgan fingerprint density at radius 1 is 1.53 bits per heavy atom. The molecule has 0 aromatic heterocycles. The second-order valence-electron chi connectivity index (χ2n) is 3.44. The van der Waals surface area contributed by atoms with Gasteiger partial charge < -0.3 is 20.3 Å². The van der Waals surface area contributed by atoms with Crippen molar-refractivity contribution in [2.45, 2.75) is 12.5 Å². The maximum Gasteiger partial charge on any atom is 0.307 e. The summed E-state index contributed by atoms with van der Waals surface area (Å²) >= 11 is 3.19. The number of rotatable bonds is 4. The molecule has 0 amide bonds. The first-order valence-electron chi connectivity index (χ1n) is 4.88. The van der Waals surface area contributed by atoms with Gasteiger partial charge in [0.1, 0.15) is 0 Å². The Hall–Kier alpha value is -1.27. The molecule has 0 aliphatic heterocycles. The van der Waals surface area contributed by atoms with E-state index in [1.54, 1.807) is 12.1 Å². The lowest BCUT2D eigenvalue weighted by atomic mass is 10.0. The first-order valence-corrected chi connectivity index (χ1v) is 5.67. The van der Waals surface area contributed by atoms with Gasteiger partial charge in [0.15, 0.2) is 11.5 Å². The summed E-state index contributed by atoms with van der Waals surface area (Å²) in [7, 11) is 2.75. The van der Waals surface area contributed by atoms with Crippen LogP contribution in [0, 0.1) is 0 Å². The second-order valence-corrected chi connectivity index (χ2v) is 4.29. The van der Waals surface area contributed by atoms with Crippen LogP contribution in [-0.4, -0.2) is 25.3 Å². The molecule has 94 valence electrons. The zero-order chi connectivity index (χ0) is 13.0. The van der Waals surface area contributed by atoms with Gasteiger partial charge in [0, 0.05) is 6.04 Å². The Balaban J connectivity index is 2.98. The smallest absolute Gasteiger partial charge is 0.307 e. The maximum atomic E-state index is 11.1. The number of ether oxygens (including phenoxy) is 2. The van der Waals surface area contributed by atoms with Gasteiger partial charge in [-0.1, -0.05) is 0 Å². The lowest BCUT2D eigenvalue weighted by Crippen LogP contribution is -2.16. The van der Waals surface area contributed by atoms with Gasteiger partial charge in [0.05, 0.1) is 25.1 Å². The average Bonchev–Trinajstić information content (AvgIpc) is 2.32. The number of hydrogen-bond acceptors (Lipinski definition) is 5. The molecule has 0 aliphatic rings. The molecule has 0 fully saturated rings. The van der Waals surface area contributed by atoms with E-state index >= 15 is 0 Å². The number of carbonyl (C=O) groups excluding carboxylic acids is 1. The van der Waals surface area contributed by atoms with E-state index in [0.717, 1.165) is 0 Å². The van der Waals surface area contributed by atoms with Crippen molar-refractivity contribution < 1.29 is 19.4 Å². The van der Waals surface area contributed by atoms with Crippen LogP contribution in [-0.2, 0) is 9.53 Å². The molecule has 1 aromatic rings. The molecule has 0 bridgehead atoms. The van der Waals surface area contributed by atoms with E-state index in [1.165, 1.54) is 14.2 Å². The van der Waals surface area contributed by atoms with E-state index in [2.05, 4.69) is 20.7 Å². The van der Waals surface area contributed by atoms with Gasteiger partial charge in [-0.25, -0.2) is 0 Å². The normalized spacial score (nSPS) is 12.0. The predicted octanol–water partition coefficient (Wildman–Crippen LogP) is 1.73. The third kappa shape index (κ3) is 3.34. The summed E-state index contributed by atoms with van der Waals surface area (Å²) in [6.45, 7) is 0. The summed E-state index contributed by atoms with van der Waals surface area (Å²) in [4.78, 5) is 11.1. The Kier molecular flexibility index (Phi) is 4.77. The monoisotopic (exact) mass is 303 g/mol. The third-order valence-electron chi connectivity index (χ3n) is 2.31. The molecule has 0 aliphatic carbocycles. The lowest BCUT2D eigenvalue weighted by Gasteiger charge is -2.14. The molecule has 5 nitrogen and oxygen atoms in total. The second kappa shape index (κ2) is 5.88. The fraction of sp³-hybridized carbons (Fsp3) is 0.364. The van der Waals surface area contributed by atoms with E-state index in [9.17, 15) is 9.90 Å². The minimum atomic E-state index is -0.506. The van der Waals surface area contributed by atoms with E-state index in [-0.39, 0.29) is 18.1 Å². The molecular formula is C11H14BrNO4. The van der Waals surface area contributed by atoms with Gasteiger partial charge in [-0.05, 0) is 33.6 Å². The van der Waals surface area contributed by atoms with Gasteiger partial charge in [0.2, 0.25) is 0 Å². The molecule has 17 heavy (non-hydrogen) atoms. The first kappa shape index (κ1) is 13.8. The summed E-state index contributed by atoms with van der Waals surface area (Å²) in [5.74, 6) is -0.0862. The highest BCUT2D eigenvalue weighted by molar-refractivity contribution is 9.10. The Labute approximate surface area is 108 Å². The molecule has 0 heterocycles. The van der Waals surface area contributed by atoms with E-state index in [0.29, 0.717) is 15.8 Å². The molecular weight excluding hydrogens is 290 g/mol. The molecule has 1 rings (SSSR count). The average molecular weight is 304 g/mol. The van der Waals surface area contributed by atoms with Gasteiger partial charge in [0.25, 0.3) is 0 Å². The van der Waals surface area contributed by atoms with Crippen LogP contribution >= 0.6 is 15.9 Å². The van der Waals surface area contributed by atoms with Crippen molar-refractivity contribution >= 4 is 21.9 Å². The molecule has 1 atom stereocenters. The standard InChI is InChI=1S/C11H14BrNO4/c1-16-9-4-6(3-7(12)11(9)15)8(13)5-10(14)17-2/h3-4,8,15H,5,13H2,1-2H3/t8-/m0/s1. The van der Waals surface area contributed by atoms with E-state index in [4.69, 9.17) is 10.5 Å². The number of phenols is 1. The lowest BCUT2D eigenvalue weighted by molar-refractivity contribution is -0.141. The quantitative estimate of drug-likeness (QED) is 0.828. The molecule has 0 saturated carbocycles. The fourth-order valence-corrected chi connectivity index (χ4v) is 1.80. The molecule has 0 unspecified atom stereocenters. The van der Waals surface area contributed by atoms with Crippen molar-refractivity contribution in [2.24, 2.45) is 5.73 Å². The number of hydrogen-bond donors (Lipinski definition) is 2. The predicted molar refractivity (Wildman–Crippen MR) is 65.9 cm³/mol. The molecule has 0 radical (unpaired) electrons. The van der Waals surface area contributed by atoms with Crippen LogP contribution < -0.4 is 10.5 Å². The van der Waals surface area contributed by atoms with Crippen LogP contribution in [0.25, 0.3) is 0 Å². The van der Waals surface area contributed by atoms with Crippen LogP contribution in [0.3, 0.4) is 0 Å². The summed E-state index contributed by atoms with van der Waals surface area (Å²) in [6.07, 6.45) is 0.0663. The van der Waals surface area contributed by atoms with Gasteiger partial charge in [-0.3, -0.25) is 4.79 Å². The van der Waals surface area contributed by atoms with Gasteiger partial charge in [-0.15, -0.1) is 0 Å². The topological polar surface area (TPSA) is 81.8 Å². The van der Waals surface area contributed by atoms with Crippen molar-refractivity contribution in [1.29, 1.82) is 0 Å². The molecule has 0 saturated heterocycles. The minimum Gasteiger partial charge on any atom is -0.503 e. The zero-order valence-electron chi connectivity index (χ0n) is 9.57. The van der Waals surface area contributed by atoms with Crippen LogP contribution in [0.5, 0.6) is 11.5 Å². The van der Waals surface area contributed by atoms with Crippen LogP contribution in [0.4, 0.5) is 0 Å². The third-order valence-corrected chi connectivity index (χ3v) is 2.92. The number of methoxy groups -OCH3 is 2. The molecule has 0 spiro atoms. The van der Waals surface area contributed by atoms with Crippen molar-refractivity contribution in [1.82, 2.24) is 0 Å². The van der Waals surface area contributed by atoms with Crippen LogP contribution in [0.15, 0.2) is 16.6 Å². The number of phenolic OH excluding ortho intramolecular Hbond substituents is 1. The number of halogens is 1. The van der Waals surface area contributed by atoms with Gasteiger partial charge in [-0.2, -0.15) is 0 Å². The van der Waals surface area contributed by atoms with Gasteiger partial charge >= 0.3 is 5.97 Å². The highest BCUT2D eigenvalue weighted by Gasteiger charge is 2.16. The summed E-state index contributed by atoms with van der Waals surface area (Å²) in [6, 6.07) is 2.73. The summed E-state index contributed by atoms with van der Waals surface area (Å²) in [5.41, 5.74) is 6.53. The van der Waals surface area contributed by atoms with Crippen molar-refractivity contribution in [3.8, 4) is 11.5 Å². The number of benzene rings is 1. The van der Waals surface area contributed by atoms with Crippen molar-refractivity contribution in [3.63, 3.8) is 0 Å². The highest BCUT2D eigenvalue weighted by Crippen LogP contribution is 2.36. The van der Waals surface area contributed by atoms with Crippen LogP contribution in [0.1, 0.15) is 18.0 Å². The van der Waals surface area contributed by atoms with Crippen LogP contribution in [0.2, 0.25) is 0 Å². The SMILES string of the molecule is COC(=O)C[C@H](N)c1cc(Br)c(O)c(OC)c1. The number of carbonyl (C=O) groups is 1. The fourth-order valence-electron chi connectivity index (χ4n) is 1.34. The van der Waals surface area contributed by atoms with E-state index < -0.39 is 6.04 Å². The Bertz CT molecular complexity index is 422. The minimum absolute atomic E-state index is 0.00141. The molecule has 1 aromatic carbocycles. The first-order chi connectivity index (χ1) is 7.99. The number of aromatic hydroxyl groups is 1. The van der Waals surface area contributed by atoms with Crippen molar-refractivity contribution in [2.75, 3.05) is 14.2 Å². The zero-order valence-corrected chi connectivity index (χ0v) is 11.2. The number of esters is 1. The Morgan fingerprint density at radius 3 is 2.71 bits per heavy atom. The molecule has 6 heteroatoms. The van der Waals surface area contributed by atoms with Crippen molar-refractivity contribution in [3.05, 3.63) is 22.2 Å². The molecule has 3 N–H and O–H groups in total. The summed E-state index contributed by atoms with van der Waals surface area (Å²) in [5, 5.41) is 9.63. The highest BCUT2D eigenvalue weighted by atomic mass is 79.9. The Morgan fingerprint density at radius 2 is 2.18 bits per heavy atom. The number of nitrogens with two attached hydrogens (primary N) is 1. The van der Waals surface area contributed by atoms with E-state index in [1.807, 2.05) is 0 Å². The largest absolute Gasteiger partial charge is 0.503 e. The summed E-state index contributed by atoms with van der Waals surface area (Å²) < 4.78 is 10.0. The maximum absolute atomic E-state index is 11.1.